The molecule has 1 rings (SSSR count). The number of hydrogen-bond donors (Lipinski definition) is 1. The zero-order chi connectivity index (χ0) is 5.11. The van der Waals surface area contributed by atoms with E-state index in [9.17, 15) is 4.39 Å². The van der Waals surface area contributed by atoms with Crippen molar-refractivity contribution in [3.63, 3.8) is 0 Å². The summed E-state index contributed by atoms with van der Waals surface area (Å²) in [6.45, 7) is 1.75. The lowest BCUT2D eigenvalue weighted by Gasteiger charge is -1.95. The van der Waals surface area contributed by atoms with Gasteiger partial charge in [-0.05, 0) is 13.0 Å². The number of nitrogens with one attached hydrogen (secondary N) is 1. The molecule has 0 aromatic heterocycles. The molecule has 0 aromatic carbocycles. The van der Waals surface area contributed by atoms with Crippen molar-refractivity contribution < 1.29 is 4.39 Å². The molecule has 3 heteroatoms. The summed E-state index contributed by atoms with van der Waals surface area (Å²) in [6, 6.07) is 0. The van der Waals surface area contributed by atoms with E-state index < -0.39 is 0 Å². The molecule has 1 aliphatic rings. The average molecular weight is 140 g/mol. The van der Waals surface area contributed by atoms with E-state index in [1.165, 1.54) is 0 Å². The van der Waals surface area contributed by atoms with Crippen LogP contribution in [0.5, 0.6) is 0 Å². The number of hydrogen-bond acceptors (Lipinski definition) is 1. The van der Waals surface area contributed by atoms with Crippen molar-refractivity contribution in [2.24, 2.45) is 5.92 Å². The minimum atomic E-state index is -0.146. The van der Waals surface area contributed by atoms with E-state index in [1.54, 1.807) is 0 Å². The summed E-state index contributed by atoms with van der Waals surface area (Å²) in [5.74, 6) is 0.319. The van der Waals surface area contributed by atoms with E-state index in [0.717, 1.165) is 19.5 Å². The van der Waals surface area contributed by atoms with Crippen LogP contribution in [-0.4, -0.2) is 19.8 Å². The van der Waals surface area contributed by atoms with E-state index in [-0.39, 0.29) is 19.1 Å². The number of rotatable bonds is 1. The van der Waals surface area contributed by atoms with Crippen LogP contribution in [0.1, 0.15) is 6.42 Å². The molecular formula is C5H11ClFN. The first-order valence-electron chi connectivity index (χ1n) is 2.70. The smallest absolute Gasteiger partial charge is 0.0935 e. The van der Waals surface area contributed by atoms with Gasteiger partial charge in [-0.1, -0.05) is 0 Å². The normalized spacial score (nSPS) is 27.4. The van der Waals surface area contributed by atoms with Crippen molar-refractivity contribution >= 4 is 12.4 Å². The van der Waals surface area contributed by atoms with Gasteiger partial charge in [0.05, 0.1) is 6.67 Å². The Kier molecular flexibility index (Phi) is 4.19. The minimum absolute atomic E-state index is 0. The molecule has 0 amide bonds. The molecule has 1 saturated heterocycles. The van der Waals surface area contributed by atoms with Crippen LogP contribution in [0.15, 0.2) is 0 Å². The predicted molar refractivity (Wildman–Crippen MR) is 34.2 cm³/mol. The van der Waals surface area contributed by atoms with Crippen LogP contribution >= 0.6 is 12.4 Å². The summed E-state index contributed by atoms with van der Waals surface area (Å²) in [5.41, 5.74) is 0. The second-order valence-corrected chi connectivity index (χ2v) is 2.01. The molecule has 1 N–H and O–H groups in total. The van der Waals surface area contributed by atoms with Crippen LogP contribution in [0.25, 0.3) is 0 Å². The van der Waals surface area contributed by atoms with E-state index >= 15 is 0 Å². The molecule has 0 saturated carbocycles. The molecule has 0 bridgehead atoms. The van der Waals surface area contributed by atoms with Crippen LogP contribution in [0.4, 0.5) is 4.39 Å². The average Bonchev–Trinajstić information content (AvgIpc) is 2.14. The van der Waals surface area contributed by atoms with Crippen molar-refractivity contribution in [2.75, 3.05) is 19.8 Å². The Balaban J connectivity index is 0.000000490. The molecule has 8 heavy (non-hydrogen) atoms. The lowest BCUT2D eigenvalue weighted by Crippen LogP contribution is -2.09. The fraction of sp³-hybridized carbons (Fsp3) is 1.00. The monoisotopic (exact) mass is 139 g/mol. The molecule has 1 fully saturated rings. The van der Waals surface area contributed by atoms with Gasteiger partial charge in [0, 0.05) is 12.5 Å². The third-order valence-corrected chi connectivity index (χ3v) is 1.38. The summed E-state index contributed by atoms with van der Waals surface area (Å²) in [7, 11) is 0. The topological polar surface area (TPSA) is 12.0 Å². The van der Waals surface area contributed by atoms with Gasteiger partial charge in [-0.2, -0.15) is 0 Å². The first kappa shape index (κ1) is 8.18. The van der Waals surface area contributed by atoms with Crippen molar-refractivity contribution in [2.45, 2.75) is 6.42 Å². The Hall–Kier alpha value is 0.180. The van der Waals surface area contributed by atoms with Crippen molar-refractivity contribution in [3.8, 4) is 0 Å². The number of alkyl halides is 1. The summed E-state index contributed by atoms with van der Waals surface area (Å²) in [4.78, 5) is 0. The summed E-state index contributed by atoms with van der Waals surface area (Å²) in [6.07, 6.45) is 1.02. The highest BCUT2D eigenvalue weighted by Crippen LogP contribution is 2.06. The van der Waals surface area contributed by atoms with Gasteiger partial charge in [0.2, 0.25) is 0 Å². The predicted octanol–water partition coefficient (Wildman–Crippen LogP) is 0.987. The Morgan fingerprint density at radius 1 is 1.62 bits per heavy atom. The fourth-order valence-corrected chi connectivity index (χ4v) is 0.846. The Morgan fingerprint density at radius 3 is 2.62 bits per heavy atom. The quantitative estimate of drug-likeness (QED) is 0.571. The molecule has 0 spiro atoms. The lowest BCUT2D eigenvalue weighted by molar-refractivity contribution is 0.382. The Morgan fingerprint density at radius 2 is 2.38 bits per heavy atom. The van der Waals surface area contributed by atoms with Crippen LogP contribution in [0.2, 0.25) is 0 Å². The van der Waals surface area contributed by atoms with Gasteiger partial charge in [-0.3, -0.25) is 4.39 Å². The van der Waals surface area contributed by atoms with Crippen molar-refractivity contribution in [1.29, 1.82) is 0 Å². The molecule has 0 unspecified atom stereocenters. The van der Waals surface area contributed by atoms with Gasteiger partial charge in [-0.15, -0.1) is 12.4 Å². The van der Waals surface area contributed by atoms with Gasteiger partial charge >= 0.3 is 0 Å². The van der Waals surface area contributed by atoms with Crippen molar-refractivity contribution in [3.05, 3.63) is 0 Å². The van der Waals surface area contributed by atoms with E-state index in [0.29, 0.717) is 5.92 Å². The molecule has 1 atom stereocenters. The maximum absolute atomic E-state index is 11.7. The zero-order valence-electron chi connectivity index (χ0n) is 4.69. The third-order valence-electron chi connectivity index (χ3n) is 1.38. The molecule has 50 valence electrons. The molecule has 0 aliphatic carbocycles. The van der Waals surface area contributed by atoms with Crippen LogP contribution in [0, 0.1) is 5.92 Å². The summed E-state index contributed by atoms with van der Waals surface area (Å²) in [5, 5.41) is 3.08. The second-order valence-electron chi connectivity index (χ2n) is 2.01. The highest BCUT2D eigenvalue weighted by atomic mass is 35.5. The maximum Gasteiger partial charge on any atom is 0.0935 e. The highest BCUT2D eigenvalue weighted by Gasteiger charge is 2.12. The molecule has 0 radical (unpaired) electrons. The number of halogens is 2. The standard InChI is InChI=1S/C5H10FN.ClH/c6-3-5-1-2-7-4-5;/h5,7H,1-4H2;1H/t5-;/m0./s1. The first-order valence-corrected chi connectivity index (χ1v) is 2.70. The summed E-state index contributed by atoms with van der Waals surface area (Å²) >= 11 is 0. The molecule has 1 nitrogen and oxygen atoms in total. The lowest BCUT2D eigenvalue weighted by atomic mass is 10.1. The van der Waals surface area contributed by atoms with Crippen LogP contribution < -0.4 is 5.32 Å². The van der Waals surface area contributed by atoms with Gasteiger partial charge in [0.1, 0.15) is 0 Å². The second kappa shape index (κ2) is 4.10. The molecule has 1 aliphatic heterocycles. The van der Waals surface area contributed by atoms with E-state index in [2.05, 4.69) is 5.32 Å². The van der Waals surface area contributed by atoms with Gasteiger partial charge in [-0.25, -0.2) is 0 Å². The Bertz CT molecular complexity index is 54.4. The molecular weight excluding hydrogens is 129 g/mol. The van der Waals surface area contributed by atoms with Crippen LogP contribution in [0.3, 0.4) is 0 Å². The third kappa shape index (κ3) is 1.97. The van der Waals surface area contributed by atoms with Gasteiger partial charge in [0.15, 0.2) is 0 Å². The first-order chi connectivity index (χ1) is 3.43. The molecule has 1 heterocycles. The fourth-order valence-electron chi connectivity index (χ4n) is 0.846. The Labute approximate surface area is 55.1 Å². The molecule has 0 aromatic rings. The van der Waals surface area contributed by atoms with Crippen LogP contribution in [-0.2, 0) is 0 Å². The van der Waals surface area contributed by atoms with Gasteiger partial charge < -0.3 is 5.32 Å². The zero-order valence-corrected chi connectivity index (χ0v) is 5.51. The van der Waals surface area contributed by atoms with Gasteiger partial charge in [0.25, 0.3) is 0 Å². The van der Waals surface area contributed by atoms with E-state index in [1.807, 2.05) is 0 Å². The maximum atomic E-state index is 11.7. The summed E-state index contributed by atoms with van der Waals surface area (Å²) < 4.78 is 11.7. The van der Waals surface area contributed by atoms with Crippen molar-refractivity contribution in [1.82, 2.24) is 5.32 Å². The van der Waals surface area contributed by atoms with E-state index in [4.69, 9.17) is 0 Å². The minimum Gasteiger partial charge on any atom is -0.316 e. The SMILES string of the molecule is Cl.FC[C@@H]1CCNC1. The highest BCUT2D eigenvalue weighted by molar-refractivity contribution is 5.85. The largest absolute Gasteiger partial charge is 0.316 e.